The summed E-state index contributed by atoms with van der Waals surface area (Å²) in [5, 5.41) is 5.42. The fourth-order valence-corrected chi connectivity index (χ4v) is 2.69. The molecule has 0 unspecified atom stereocenters. The predicted molar refractivity (Wildman–Crippen MR) is 75.5 cm³/mol. The highest BCUT2D eigenvalue weighted by atomic mass is 16.5. The number of hydrogen-bond acceptors (Lipinski definition) is 2. The number of amides is 1. The van der Waals surface area contributed by atoms with Crippen LogP contribution in [-0.2, 0) is 4.79 Å². The summed E-state index contributed by atoms with van der Waals surface area (Å²) in [5.41, 5.74) is 1.30. The van der Waals surface area contributed by atoms with Gasteiger partial charge in [0.15, 0.2) is 0 Å². The first-order valence-corrected chi connectivity index (χ1v) is 6.53. The van der Waals surface area contributed by atoms with Crippen LogP contribution in [0.3, 0.4) is 0 Å². The normalized spacial score (nSPS) is 21.2. The van der Waals surface area contributed by atoms with Crippen molar-refractivity contribution in [1.29, 1.82) is 0 Å². The van der Waals surface area contributed by atoms with E-state index in [1.807, 2.05) is 6.07 Å². The zero-order valence-electron chi connectivity index (χ0n) is 11.1. The maximum atomic E-state index is 11.1. The molecule has 0 aromatic heterocycles. The predicted octanol–water partition coefficient (Wildman–Crippen LogP) is 2.84. The highest BCUT2D eigenvalue weighted by molar-refractivity contribution is 5.88. The number of hydrogen-bond donors (Lipinski definition) is 1. The third-order valence-corrected chi connectivity index (χ3v) is 3.70. The SMILES string of the molecule is COc1ccc2cccc([C@@H]3C[C@H]3NC(C)=O)c2c1. The molecule has 1 N–H and O–H groups in total. The Hall–Kier alpha value is -2.03. The zero-order valence-corrected chi connectivity index (χ0v) is 11.1. The molecular formula is C16H17NO2. The van der Waals surface area contributed by atoms with Gasteiger partial charge in [-0.05, 0) is 34.9 Å². The molecule has 0 bridgehead atoms. The van der Waals surface area contributed by atoms with Gasteiger partial charge in [0.2, 0.25) is 5.91 Å². The van der Waals surface area contributed by atoms with Crippen LogP contribution >= 0.6 is 0 Å². The lowest BCUT2D eigenvalue weighted by Crippen LogP contribution is -2.23. The molecular weight excluding hydrogens is 238 g/mol. The van der Waals surface area contributed by atoms with E-state index in [1.54, 1.807) is 14.0 Å². The Morgan fingerprint density at radius 1 is 1.32 bits per heavy atom. The molecule has 2 aromatic carbocycles. The van der Waals surface area contributed by atoms with E-state index in [0.717, 1.165) is 12.2 Å². The van der Waals surface area contributed by atoms with Crippen LogP contribution in [0.2, 0.25) is 0 Å². The number of carbonyl (C=O) groups excluding carboxylic acids is 1. The van der Waals surface area contributed by atoms with Gasteiger partial charge in [0.05, 0.1) is 7.11 Å². The summed E-state index contributed by atoms with van der Waals surface area (Å²) < 4.78 is 5.30. The van der Waals surface area contributed by atoms with Gasteiger partial charge < -0.3 is 10.1 Å². The largest absolute Gasteiger partial charge is 0.497 e. The summed E-state index contributed by atoms with van der Waals surface area (Å²) in [6.07, 6.45) is 1.02. The molecule has 0 spiro atoms. The van der Waals surface area contributed by atoms with Gasteiger partial charge in [-0.25, -0.2) is 0 Å². The van der Waals surface area contributed by atoms with Crippen LogP contribution in [0.4, 0.5) is 0 Å². The summed E-state index contributed by atoms with van der Waals surface area (Å²) in [5.74, 6) is 1.35. The molecule has 1 amide bonds. The molecule has 2 atom stereocenters. The van der Waals surface area contributed by atoms with Crippen molar-refractivity contribution in [3.63, 3.8) is 0 Å². The van der Waals surface area contributed by atoms with E-state index in [9.17, 15) is 4.79 Å². The van der Waals surface area contributed by atoms with Gasteiger partial charge in [-0.2, -0.15) is 0 Å². The van der Waals surface area contributed by atoms with Gasteiger partial charge in [-0.3, -0.25) is 4.79 Å². The highest BCUT2D eigenvalue weighted by Gasteiger charge is 2.39. The van der Waals surface area contributed by atoms with Crippen LogP contribution in [0.15, 0.2) is 36.4 Å². The van der Waals surface area contributed by atoms with E-state index in [4.69, 9.17) is 4.74 Å². The Morgan fingerprint density at radius 3 is 2.89 bits per heavy atom. The summed E-state index contributed by atoms with van der Waals surface area (Å²) >= 11 is 0. The Labute approximate surface area is 112 Å². The van der Waals surface area contributed by atoms with Crippen LogP contribution in [0, 0.1) is 0 Å². The molecule has 1 aliphatic rings. The van der Waals surface area contributed by atoms with Crippen molar-refractivity contribution in [1.82, 2.24) is 5.32 Å². The first-order valence-electron chi connectivity index (χ1n) is 6.53. The van der Waals surface area contributed by atoms with Crippen LogP contribution in [0.25, 0.3) is 10.8 Å². The minimum Gasteiger partial charge on any atom is -0.497 e. The van der Waals surface area contributed by atoms with Crippen molar-refractivity contribution in [3.05, 3.63) is 42.0 Å². The topological polar surface area (TPSA) is 38.3 Å². The number of rotatable bonds is 3. The molecule has 0 saturated heterocycles. The number of nitrogens with one attached hydrogen (secondary N) is 1. The van der Waals surface area contributed by atoms with Gasteiger partial charge in [0.25, 0.3) is 0 Å². The maximum Gasteiger partial charge on any atom is 0.217 e. The van der Waals surface area contributed by atoms with E-state index in [0.29, 0.717) is 5.92 Å². The molecule has 1 fully saturated rings. The fraction of sp³-hybridized carbons (Fsp3) is 0.312. The monoisotopic (exact) mass is 255 g/mol. The molecule has 1 aliphatic carbocycles. The van der Waals surface area contributed by atoms with Crippen molar-refractivity contribution in [2.45, 2.75) is 25.3 Å². The molecule has 0 radical (unpaired) electrons. The second-order valence-corrected chi connectivity index (χ2v) is 5.08. The minimum absolute atomic E-state index is 0.0466. The van der Waals surface area contributed by atoms with Crippen LogP contribution < -0.4 is 10.1 Å². The number of benzene rings is 2. The van der Waals surface area contributed by atoms with Crippen LogP contribution in [0.5, 0.6) is 5.75 Å². The van der Waals surface area contributed by atoms with Gasteiger partial charge >= 0.3 is 0 Å². The lowest BCUT2D eigenvalue weighted by molar-refractivity contribution is -0.119. The van der Waals surface area contributed by atoms with E-state index >= 15 is 0 Å². The van der Waals surface area contributed by atoms with E-state index < -0.39 is 0 Å². The molecule has 3 nitrogen and oxygen atoms in total. The lowest BCUT2D eigenvalue weighted by atomic mass is 10.0. The summed E-state index contributed by atoms with van der Waals surface area (Å²) in [7, 11) is 1.68. The highest BCUT2D eigenvalue weighted by Crippen LogP contribution is 2.44. The van der Waals surface area contributed by atoms with Crippen molar-refractivity contribution < 1.29 is 9.53 Å². The molecule has 2 aromatic rings. The first-order chi connectivity index (χ1) is 9.19. The number of carbonyl (C=O) groups is 1. The maximum absolute atomic E-state index is 11.1. The van der Waals surface area contributed by atoms with Crippen molar-refractivity contribution in [2.24, 2.45) is 0 Å². The molecule has 0 aliphatic heterocycles. The molecule has 98 valence electrons. The fourth-order valence-electron chi connectivity index (χ4n) is 2.69. The average molecular weight is 255 g/mol. The molecule has 3 rings (SSSR count). The Morgan fingerprint density at radius 2 is 2.16 bits per heavy atom. The third kappa shape index (κ3) is 2.28. The quantitative estimate of drug-likeness (QED) is 0.915. The second-order valence-electron chi connectivity index (χ2n) is 5.08. The second kappa shape index (κ2) is 4.57. The summed E-state index contributed by atoms with van der Waals surface area (Å²) in [6, 6.07) is 12.7. The van der Waals surface area contributed by atoms with Crippen LogP contribution in [0.1, 0.15) is 24.8 Å². The minimum atomic E-state index is 0.0466. The van der Waals surface area contributed by atoms with Crippen molar-refractivity contribution in [3.8, 4) is 5.75 Å². The van der Waals surface area contributed by atoms with Gasteiger partial charge in [-0.15, -0.1) is 0 Å². The van der Waals surface area contributed by atoms with Crippen molar-refractivity contribution in [2.75, 3.05) is 7.11 Å². The lowest BCUT2D eigenvalue weighted by Gasteiger charge is -2.08. The molecule has 3 heteroatoms. The van der Waals surface area contributed by atoms with Gasteiger partial charge in [0, 0.05) is 18.9 Å². The van der Waals surface area contributed by atoms with E-state index in [2.05, 4.69) is 35.6 Å². The van der Waals surface area contributed by atoms with Crippen molar-refractivity contribution >= 4 is 16.7 Å². The smallest absolute Gasteiger partial charge is 0.217 e. The molecule has 19 heavy (non-hydrogen) atoms. The standard InChI is InChI=1S/C16H17NO2/c1-10(18)17-16-9-15(16)13-5-3-4-11-6-7-12(19-2)8-14(11)13/h3-8,15-16H,9H2,1-2H3,(H,17,18)/t15-,16+/m0/s1. The Kier molecular flexibility index (Phi) is 2.90. The van der Waals surface area contributed by atoms with E-state index in [1.165, 1.54) is 16.3 Å². The van der Waals surface area contributed by atoms with Crippen LogP contribution in [-0.4, -0.2) is 19.1 Å². The summed E-state index contributed by atoms with van der Waals surface area (Å²) in [6.45, 7) is 1.57. The van der Waals surface area contributed by atoms with Gasteiger partial charge in [0.1, 0.15) is 5.75 Å². The Bertz CT molecular complexity index is 636. The van der Waals surface area contributed by atoms with E-state index in [-0.39, 0.29) is 11.9 Å². The molecule has 0 heterocycles. The first kappa shape index (κ1) is 12.0. The number of fused-ring (bicyclic) bond motifs is 1. The third-order valence-electron chi connectivity index (χ3n) is 3.70. The number of methoxy groups -OCH3 is 1. The summed E-state index contributed by atoms with van der Waals surface area (Å²) in [4.78, 5) is 11.1. The average Bonchev–Trinajstić information content (AvgIpc) is 3.15. The van der Waals surface area contributed by atoms with Gasteiger partial charge in [-0.1, -0.05) is 24.3 Å². The number of ether oxygens (including phenoxy) is 1. The zero-order chi connectivity index (χ0) is 13.4. The molecule has 1 saturated carbocycles. The Balaban J connectivity index is 1.97.